The molecule has 3 rings (SSSR count). The fourth-order valence-electron chi connectivity index (χ4n) is 3.53. The van der Waals surface area contributed by atoms with E-state index in [1.807, 2.05) is 22.9 Å². The lowest BCUT2D eigenvalue weighted by molar-refractivity contribution is -0.147. The van der Waals surface area contributed by atoms with Crippen LogP contribution in [0.15, 0.2) is 30.9 Å². The number of aromatic nitrogens is 2. The number of aryl methyl sites for hydroxylation is 1. The first kappa shape index (κ1) is 13.9. The summed E-state index contributed by atoms with van der Waals surface area (Å²) in [6.07, 6.45) is 10.9. The molecule has 1 saturated carbocycles. The number of nitrogens with one attached hydrogen (secondary N) is 1. The molecule has 1 heterocycles. The Hall–Kier alpha value is -2.11. The van der Waals surface area contributed by atoms with Crippen molar-refractivity contribution in [2.45, 2.75) is 19.4 Å². The minimum absolute atomic E-state index is 0.0224. The Labute approximate surface area is 122 Å². The molecule has 0 unspecified atom stereocenters. The van der Waals surface area contributed by atoms with Gasteiger partial charge in [-0.3, -0.25) is 9.59 Å². The Morgan fingerprint density at radius 2 is 2.05 bits per heavy atom. The summed E-state index contributed by atoms with van der Waals surface area (Å²) in [5.74, 6) is -1.84. The minimum Gasteiger partial charge on any atom is -0.481 e. The third-order valence-electron chi connectivity index (χ3n) is 4.50. The van der Waals surface area contributed by atoms with E-state index < -0.39 is 17.8 Å². The summed E-state index contributed by atoms with van der Waals surface area (Å²) in [6, 6.07) is 0. The van der Waals surface area contributed by atoms with Crippen molar-refractivity contribution in [2.75, 3.05) is 6.54 Å². The second kappa shape index (κ2) is 5.71. The first-order chi connectivity index (χ1) is 10.2. The number of carbonyl (C=O) groups is 2. The van der Waals surface area contributed by atoms with Crippen LogP contribution in [0.4, 0.5) is 0 Å². The van der Waals surface area contributed by atoms with Crippen molar-refractivity contribution in [1.29, 1.82) is 0 Å². The molecule has 1 fully saturated rings. The predicted octanol–water partition coefficient (Wildman–Crippen LogP) is 0.912. The van der Waals surface area contributed by atoms with Crippen LogP contribution in [-0.2, 0) is 16.1 Å². The third-order valence-corrected chi connectivity index (χ3v) is 4.50. The van der Waals surface area contributed by atoms with Crippen molar-refractivity contribution in [3.05, 3.63) is 30.9 Å². The van der Waals surface area contributed by atoms with Gasteiger partial charge in [0.1, 0.15) is 0 Å². The monoisotopic (exact) mass is 289 g/mol. The number of aliphatic carboxylic acids is 1. The van der Waals surface area contributed by atoms with Crippen LogP contribution in [0.3, 0.4) is 0 Å². The van der Waals surface area contributed by atoms with Gasteiger partial charge in [-0.15, -0.1) is 0 Å². The zero-order valence-corrected chi connectivity index (χ0v) is 11.7. The molecule has 0 aromatic carbocycles. The molecule has 0 radical (unpaired) electrons. The van der Waals surface area contributed by atoms with Gasteiger partial charge in [-0.1, -0.05) is 12.2 Å². The topological polar surface area (TPSA) is 84.2 Å². The highest BCUT2D eigenvalue weighted by molar-refractivity contribution is 5.86. The smallest absolute Gasteiger partial charge is 0.307 e. The van der Waals surface area contributed by atoms with Crippen LogP contribution in [0.1, 0.15) is 12.8 Å². The van der Waals surface area contributed by atoms with Crippen LogP contribution < -0.4 is 5.32 Å². The summed E-state index contributed by atoms with van der Waals surface area (Å²) in [6.45, 7) is 1.35. The number of imidazole rings is 1. The average Bonchev–Trinajstić information content (AvgIpc) is 3.18. The molecule has 1 aromatic heterocycles. The second-order valence-electron chi connectivity index (χ2n) is 5.78. The number of carbonyl (C=O) groups excluding carboxylic acids is 1. The SMILES string of the molecule is O=C(O)[C@@H]1[C@H](C(=O)NCCCn2ccnc2)[C@H]2C=C[C@H]1C2. The van der Waals surface area contributed by atoms with E-state index in [4.69, 9.17) is 0 Å². The fraction of sp³-hybridized carbons (Fsp3) is 0.533. The normalized spacial score (nSPS) is 29.7. The molecule has 2 aliphatic rings. The van der Waals surface area contributed by atoms with Crippen molar-refractivity contribution in [1.82, 2.24) is 14.9 Å². The predicted molar refractivity (Wildman–Crippen MR) is 75.2 cm³/mol. The Kier molecular flexibility index (Phi) is 3.77. The van der Waals surface area contributed by atoms with Crippen LogP contribution in [0.2, 0.25) is 0 Å². The minimum atomic E-state index is -0.856. The first-order valence-electron chi connectivity index (χ1n) is 7.31. The molecule has 112 valence electrons. The van der Waals surface area contributed by atoms with Crippen molar-refractivity contribution < 1.29 is 14.7 Å². The number of amides is 1. The second-order valence-corrected chi connectivity index (χ2v) is 5.78. The zero-order chi connectivity index (χ0) is 14.8. The molecule has 0 spiro atoms. The van der Waals surface area contributed by atoms with E-state index in [9.17, 15) is 14.7 Å². The Balaban J connectivity index is 1.51. The van der Waals surface area contributed by atoms with Gasteiger partial charge >= 0.3 is 5.97 Å². The number of carboxylic acid groups (broad SMARTS) is 1. The number of fused-ring (bicyclic) bond motifs is 2. The molecule has 2 bridgehead atoms. The molecule has 21 heavy (non-hydrogen) atoms. The lowest BCUT2D eigenvalue weighted by atomic mass is 9.82. The molecule has 1 aromatic rings. The fourth-order valence-corrected chi connectivity index (χ4v) is 3.53. The van der Waals surface area contributed by atoms with Crippen LogP contribution in [0.25, 0.3) is 0 Å². The molecular formula is C15H19N3O3. The summed E-state index contributed by atoms with van der Waals surface area (Å²) in [5, 5.41) is 12.2. The average molecular weight is 289 g/mol. The molecule has 4 atom stereocenters. The van der Waals surface area contributed by atoms with Crippen molar-refractivity contribution in [2.24, 2.45) is 23.7 Å². The summed E-state index contributed by atoms with van der Waals surface area (Å²) in [5.41, 5.74) is 0. The van der Waals surface area contributed by atoms with Crippen LogP contribution >= 0.6 is 0 Å². The lowest BCUT2D eigenvalue weighted by Crippen LogP contribution is -2.40. The molecule has 0 aliphatic heterocycles. The number of carboxylic acids is 1. The zero-order valence-electron chi connectivity index (χ0n) is 11.7. The number of rotatable bonds is 6. The van der Waals surface area contributed by atoms with E-state index in [0.29, 0.717) is 6.54 Å². The molecule has 1 amide bonds. The quantitative estimate of drug-likeness (QED) is 0.602. The maximum absolute atomic E-state index is 12.3. The number of nitrogens with zero attached hydrogens (tertiary/aromatic N) is 2. The third kappa shape index (κ3) is 2.70. The van der Waals surface area contributed by atoms with Gasteiger partial charge in [0, 0.05) is 25.5 Å². The van der Waals surface area contributed by atoms with Gasteiger partial charge in [-0.25, -0.2) is 4.98 Å². The van der Waals surface area contributed by atoms with Gasteiger partial charge in [0.05, 0.1) is 18.2 Å². The van der Waals surface area contributed by atoms with E-state index >= 15 is 0 Å². The van der Waals surface area contributed by atoms with Crippen LogP contribution in [-0.4, -0.2) is 33.1 Å². The molecule has 0 saturated heterocycles. The van der Waals surface area contributed by atoms with Gasteiger partial charge in [-0.05, 0) is 24.7 Å². The largest absolute Gasteiger partial charge is 0.481 e. The summed E-state index contributed by atoms with van der Waals surface area (Å²) >= 11 is 0. The van der Waals surface area contributed by atoms with Crippen molar-refractivity contribution in [3.8, 4) is 0 Å². The Bertz CT molecular complexity index is 553. The lowest BCUT2D eigenvalue weighted by Gasteiger charge is -2.23. The maximum atomic E-state index is 12.3. The van der Waals surface area contributed by atoms with E-state index in [2.05, 4.69) is 10.3 Å². The standard InChI is InChI=1S/C15H19N3O3/c19-14(17-4-1-6-18-7-5-16-9-18)12-10-2-3-11(8-10)13(12)15(20)21/h2-3,5,7,9-13H,1,4,6,8H2,(H,17,19)(H,20,21)/t10-,11-,12+,13-/m0/s1. The molecular weight excluding hydrogens is 270 g/mol. The van der Waals surface area contributed by atoms with Gasteiger partial charge in [0.2, 0.25) is 5.91 Å². The molecule has 6 heteroatoms. The van der Waals surface area contributed by atoms with Crippen molar-refractivity contribution in [3.63, 3.8) is 0 Å². The molecule has 2 N–H and O–H groups in total. The summed E-state index contributed by atoms with van der Waals surface area (Å²) in [4.78, 5) is 27.6. The maximum Gasteiger partial charge on any atom is 0.307 e. The highest BCUT2D eigenvalue weighted by Crippen LogP contribution is 2.48. The first-order valence-corrected chi connectivity index (χ1v) is 7.31. The van der Waals surface area contributed by atoms with Crippen LogP contribution in [0, 0.1) is 23.7 Å². The number of hydrogen-bond acceptors (Lipinski definition) is 3. The molecule has 2 aliphatic carbocycles. The van der Waals surface area contributed by atoms with Gasteiger partial charge in [0.25, 0.3) is 0 Å². The number of allylic oxidation sites excluding steroid dienone is 2. The van der Waals surface area contributed by atoms with Crippen LogP contribution in [0.5, 0.6) is 0 Å². The van der Waals surface area contributed by atoms with Gasteiger partial charge in [0.15, 0.2) is 0 Å². The van der Waals surface area contributed by atoms with Gasteiger partial charge in [-0.2, -0.15) is 0 Å². The number of hydrogen-bond donors (Lipinski definition) is 2. The molecule has 6 nitrogen and oxygen atoms in total. The van der Waals surface area contributed by atoms with Gasteiger partial charge < -0.3 is 15.0 Å². The van der Waals surface area contributed by atoms with E-state index in [-0.39, 0.29) is 17.7 Å². The highest BCUT2D eigenvalue weighted by Gasteiger charge is 2.51. The summed E-state index contributed by atoms with van der Waals surface area (Å²) in [7, 11) is 0. The van der Waals surface area contributed by atoms with Crippen molar-refractivity contribution >= 4 is 11.9 Å². The van der Waals surface area contributed by atoms with E-state index in [1.165, 1.54) is 0 Å². The highest BCUT2D eigenvalue weighted by atomic mass is 16.4. The van der Waals surface area contributed by atoms with E-state index in [0.717, 1.165) is 19.4 Å². The summed E-state index contributed by atoms with van der Waals surface area (Å²) < 4.78 is 1.95. The Morgan fingerprint density at radius 1 is 1.29 bits per heavy atom. The van der Waals surface area contributed by atoms with E-state index in [1.54, 1.807) is 12.5 Å². The Morgan fingerprint density at radius 3 is 2.71 bits per heavy atom.